The highest BCUT2D eigenvalue weighted by Crippen LogP contribution is 2.23. The molecule has 1 atom stereocenters. The van der Waals surface area contributed by atoms with E-state index in [1.54, 1.807) is 7.11 Å². The summed E-state index contributed by atoms with van der Waals surface area (Å²) in [6, 6.07) is 3.79. The molecule has 2 rings (SSSR count). The second-order valence-corrected chi connectivity index (χ2v) is 4.18. The van der Waals surface area contributed by atoms with E-state index in [4.69, 9.17) is 22.1 Å². The summed E-state index contributed by atoms with van der Waals surface area (Å²) in [7, 11) is 1.62. The first kappa shape index (κ1) is 11.2. The van der Waals surface area contributed by atoms with Gasteiger partial charge in [0.1, 0.15) is 11.6 Å². The lowest BCUT2D eigenvalue weighted by atomic mass is 10.2. The molecule has 2 aromatic rings. The summed E-state index contributed by atoms with van der Waals surface area (Å²) in [5, 5.41) is 0.481. The van der Waals surface area contributed by atoms with Gasteiger partial charge in [0.2, 0.25) is 0 Å². The van der Waals surface area contributed by atoms with Gasteiger partial charge in [-0.25, -0.2) is 4.98 Å². The van der Waals surface area contributed by atoms with Crippen molar-refractivity contribution in [2.45, 2.75) is 19.4 Å². The predicted octanol–water partition coefficient (Wildman–Crippen LogP) is 1.89. The van der Waals surface area contributed by atoms with Crippen LogP contribution in [0.3, 0.4) is 0 Å². The number of pyridine rings is 1. The average molecular weight is 240 g/mol. The van der Waals surface area contributed by atoms with Gasteiger partial charge in [-0.15, -0.1) is 0 Å². The summed E-state index contributed by atoms with van der Waals surface area (Å²) in [5.74, 6) is 1.64. The minimum absolute atomic E-state index is 0.0590. The van der Waals surface area contributed by atoms with Crippen LogP contribution in [-0.2, 0) is 6.42 Å². The van der Waals surface area contributed by atoms with Gasteiger partial charge in [0.15, 0.2) is 5.15 Å². The first-order chi connectivity index (χ1) is 7.61. The number of aromatic nitrogens is 2. The van der Waals surface area contributed by atoms with Gasteiger partial charge in [-0.1, -0.05) is 11.6 Å². The number of ether oxygens (including phenoxy) is 1. The van der Waals surface area contributed by atoms with Gasteiger partial charge in [0.05, 0.1) is 12.6 Å². The number of hydrogen-bond acceptors (Lipinski definition) is 3. The molecule has 0 aromatic carbocycles. The van der Waals surface area contributed by atoms with Crippen molar-refractivity contribution < 1.29 is 4.74 Å². The Balaban J connectivity index is 2.53. The normalized spacial score (nSPS) is 13.0. The molecule has 0 spiro atoms. The topological polar surface area (TPSA) is 52.5 Å². The Hall–Kier alpha value is -1.26. The Kier molecular flexibility index (Phi) is 3.03. The zero-order valence-electron chi connectivity index (χ0n) is 9.27. The highest BCUT2D eigenvalue weighted by atomic mass is 35.5. The van der Waals surface area contributed by atoms with E-state index in [2.05, 4.69) is 4.98 Å². The van der Waals surface area contributed by atoms with Gasteiger partial charge in [-0.3, -0.25) is 0 Å². The van der Waals surface area contributed by atoms with Crippen molar-refractivity contribution in [1.82, 2.24) is 9.38 Å². The molecule has 2 heterocycles. The minimum Gasteiger partial charge on any atom is -0.497 e. The molecule has 0 aliphatic carbocycles. The molecule has 86 valence electrons. The van der Waals surface area contributed by atoms with Crippen molar-refractivity contribution in [1.29, 1.82) is 0 Å². The minimum atomic E-state index is 0.0590. The quantitative estimate of drug-likeness (QED) is 0.890. The molecule has 1 unspecified atom stereocenters. The number of nitrogens with two attached hydrogens (primary N) is 1. The fourth-order valence-electron chi connectivity index (χ4n) is 1.65. The molecule has 0 bridgehead atoms. The van der Waals surface area contributed by atoms with Crippen LogP contribution in [0.4, 0.5) is 0 Å². The Morgan fingerprint density at radius 2 is 2.38 bits per heavy atom. The van der Waals surface area contributed by atoms with Crippen LogP contribution < -0.4 is 10.5 Å². The van der Waals surface area contributed by atoms with Gasteiger partial charge in [-0.05, 0) is 13.0 Å². The highest BCUT2D eigenvalue weighted by molar-refractivity contribution is 6.32. The lowest BCUT2D eigenvalue weighted by molar-refractivity contribution is 0.414. The van der Waals surface area contributed by atoms with E-state index in [0.29, 0.717) is 11.6 Å². The first-order valence-corrected chi connectivity index (χ1v) is 5.45. The van der Waals surface area contributed by atoms with Crippen LogP contribution >= 0.6 is 11.6 Å². The number of fused-ring (bicyclic) bond motifs is 1. The lowest BCUT2D eigenvalue weighted by Gasteiger charge is -2.05. The number of hydrogen-bond donors (Lipinski definition) is 1. The van der Waals surface area contributed by atoms with Crippen LogP contribution in [0.5, 0.6) is 5.75 Å². The molecule has 4 nitrogen and oxygen atoms in total. The number of methoxy groups -OCH3 is 1. The van der Waals surface area contributed by atoms with Gasteiger partial charge >= 0.3 is 0 Å². The van der Waals surface area contributed by atoms with Crippen molar-refractivity contribution in [3.63, 3.8) is 0 Å². The van der Waals surface area contributed by atoms with Gasteiger partial charge < -0.3 is 14.9 Å². The van der Waals surface area contributed by atoms with E-state index in [0.717, 1.165) is 17.1 Å². The molecule has 0 saturated carbocycles. The van der Waals surface area contributed by atoms with Crippen LogP contribution in [0.1, 0.15) is 12.7 Å². The SMILES string of the molecule is COc1ccn2c(CC(C)N)nc(Cl)c2c1. The molecule has 5 heteroatoms. The third kappa shape index (κ3) is 1.99. The number of rotatable bonds is 3. The van der Waals surface area contributed by atoms with Crippen LogP contribution in [0.25, 0.3) is 5.52 Å². The van der Waals surface area contributed by atoms with Crippen molar-refractivity contribution >= 4 is 17.1 Å². The first-order valence-electron chi connectivity index (χ1n) is 5.08. The molecule has 0 aliphatic rings. The number of nitrogens with zero attached hydrogens (tertiary/aromatic N) is 2. The predicted molar refractivity (Wildman–Crippen MR) is 64.1 cm³/mol. The van der Waals surface area contributed by atoms with Crippen LogP contribution in [-0.4, -0.2) is 22.5 Å². The fraction of sp³-hybridized carbons (Fsp3) is 0.364. The van der Waals surface area contributed by atoms with Crippen LogP contribution in [0.15, 0.2) is 18.3 Å². The molecular weight excluding hydrogens is 226 g/mol. The van der Waals surface area contributed by atoms with Crippen LogP contribution in [0, 0.1) is 0 Å². The average Bonchev–Trinajstić information content (AvgIpc) is 2.54. The maximum Gasteiger partial charge on any atom is 0.155 e. The second-order valence-electron chi connectivity index (χ2n) is 3.82. The van der Waals surface area contributed by atoms with Crippen molar-refractivity contribution in [3.05, 3.63) is 29.3 Å². The van der Waals surface area contributed by atoms with Gasteiger partial charge in [0.25, 0.3) is 0 Å². The second kappa shape index (κ2) is 4.31. The van der Waals surface area contributed by atoms with E-state index in [-0.39, 0.29) is 6.04 Å². The van der Waals surface area contributed by atoms with Crippen LogP contribution in [0.2, 0.25) is 5.15 Å². The van der Waals surface area contributed by atoms with Gasteiger partial charge in [-0.2, -0.15) is 0 Å². The molecule has 2 aromatic heterocycles. The van der Waals surface area contributed by atoms with E-state index in [1.165, 1.54) is 0 Å². The van der Waals surface area contributed by atoms with Gasteiger partial charge in [0, 0.05) is 24.7 Å². The molecule has 16 heavy (non-hydrogen) atoms. The summed E-state index contributed by atoms with van der Waals surface area (Å²) in [6.45, 7) is 1.94. The summed E-state index contributed by atoms with van der Waals surface area (Å²) >= 11 is 6.06. The summed E-state index contributed by atoms with van der Waals surface area (Å²) in [4.78, 5) is 4.30. The standard InChI is InChI=1S/C11H14ClN3O/c1-7(13)5-10-14-11(12)9-6-8(16-2)3-4-15(9)10/h3-4,6-7H,5,13H2,1-2H3. The highest BCUT2D eigenvalue weighted by Gasteiger charge is 2.11. The summed E-state index contributed by atoms with van der Waals surface area (Å²) in [5.41, 5.74) is 6.60. The number of halogens is 1. The molecule has 0 aliphatic heterocycles. The van der Waals surface area contributed by atoms with Crippen molar-refractivity contribution in [2.75, 3.05) is 7.11 Å². The van der Waals surface area contributed by atoms with E-state index in [9.17, 15) is 0 Å². The zero-order valence-corrected chi connectivity index (χ0v) is 10.0. The fourth-order valence-corrected chi connectivity index (χ4v) is 1.89. The summed E-state index contributed by atoms with van der Waals surface area (Å²) in [6.07, 6.45) is 2.59. The molecule has 2 N–H and O–H groups in total. The Bertz CT molecular complexity index is 507. The van der Waals surface area contributed by atoms with E-state index >= 15 is 0 Å². The molecule has 0 fully saturated rings. The maximum atomic E-state index is 6.06. The maximum absolute atomic E-state index is 6.06. The Morgan fingerprint density at radius 3 is 3.00 bits per heavy atom. The molecule has 0 radical (unpaired) electrons. The summed E-state index contributed by atoms with van der Waals surface area (Å²) < 4.78 is 7.08. The lowest BCUT2D eigenvalue weighted by Crippen LogP contribution is -2.19. The third-order valence-corrected chi connectivity index (χ3v) is 2.66. The molecular formula is C11H14ClN3O. The monoisotopic (exact) mass is 239 g/mol. The van der Waals surface area contributed by atoms with Crippen molar-refractivity contribution in [3.8, 4) is 5.75 Å². The smallest absolute Gasteiger partial charge is 0.155 e. The molecule has 0 saturated heterocycles. The van der Waals surface area contributed by atoms with E-state index in [1.807, 2.05) is 29.7 Å². The largest absolute Gasteiger partial charge is 0.497 e. The zero-order chi connectivity index (χ0) is 11.7. The number of imidazole rings is 1. The van der Waals surface area contributed by atoms with E-state index < -0.39 is 0 Å². The third-order valence-electron chi connectivity index (χ3n) is 2.38. The molecule has 0 amide bonds. The Morgan fingerprint density at radius 1 is 1.62 bits per heavy atom. The van der Waals surface area contributed by atoms with Crippen molar-refractivity contribution in [2.24, 2.45) is 5.73 Å². The Labute approximate surface area is 99.0 Å².